The van der Waals surface area contributed by atoms with Crippen molar-refractivity contribution in [1.29, 1.82) is 0 Å². The van der Waals surface area contributed by atoms with Gasteiger partial charge in [-0.15, -0.1) is 0 Å². The molecule has 1 aliphatic rings. The molecule has 11 nitrogen and oxygen atoms in total. The molecule has 6 aromatic heterocycles. The predicted molar refractivity (Wildman–Crippen MR) is 142 cm³/mol. The Morgan fingerprint density at radius 3 is 2.71 bits per heavy atom. The van der Waals surface area contributed by atoms with Gasteiger partial charge in [0.25, 0.3) is 0 Å². The van der Waals surface area contributed by atoms with Crippen LogP contribution < -0.4 is 5.32 Å². The minimum atomic E-state index is 0.0664. The summed E-state index contributed by atoms with van der Waals surface area (Å²) in [4.78, 5) is 38.4. The number of amides is 1. The van der Waals surface area contributed by atoms with Gasteiger partial charge >= 0.3 is 0 Å². The highest BCUT2D eigenvalue weighted by Crippen LogP contribution is 2.31. The summed E-state index contributed by atoms with van der Waals surface area (Å²) in [6.45, 7) is 1.94. The molecule has 1 saturated carbocycles. The highest BCUT2D eigenvalue weighted by molar-refractivity contribution is 5.95. The third-order valence-corrected chi connectivity index (χ3v) is 7.08. The van der Waals surface area contributed by atoms with Crippen LogP contribution >= 0.6 is 0 Å². The van der Waals surface area contributed by atoms with Gasteiger partial charge in [0.1, 0.15) is 11.2 Å². The lowest BCUT2D eigenvalue weighted by Gasteiger charge is -2.11. The maximum atomic E-state index is 12.6. The first-order valence-electron chi connectivity index (χ1n) is 12.6. The lowest BCUT2D eigenvalue weighted by molar-refractivity contribution is -0.119. The first-order chi connectivity index (χ1) is 18.6. The fourth-order valence-corrected chi connectivity index (χ4v) is 5.12. The number of aromatic nitrogens is 9. The number of fused-ring (bicyclic) bond motifs is 2. The number of aromatic amines is 2. The molecule has 0 radical (unpaired) electrons. The fraction of sp³-hybridized carbons (Fsp3) is 0.222. The van der Waals surface area contributed by atoms with Gasteiger partial charge in [0.05, 0.1) is 52.9 Å². The SMILES string of the molecule is Cc1cn(-c2cncc3[nH]c(-c4[nH]nc5ncc(-c6cncc(NC(=O)C7CCCC7)c6)cc45)nc23)cn1. The van der Waals surface area contributed by atoms with Crippen LogP contribution in [0.4, 0.5) is 5.69 Å². The van der Waals surface area contributed by atoms with E-state index < -0.39 is 0 Å². The molecule has 38 heavy (non-hydrogen) atoms. The first kappa shape index (κ1) is 22.3. The fourth-order valence-electron chi connectivity index (χ4n) is 5.12. The minimum absolute atomic E-state index is 0.0664. The number of nitrogens with zero attached hydrogens (tertiary/aromatic N) is 7. The van der Waals surface area contributed by atoms with Crippen molar-refractivity contribution in [3.8, 4) is 28.3 Å². The van der Waals surface area contributed by atoms with Crippen LogP contribution in [-0.2, 0) is 4.79 Å². The molecular weight excluding hydrogens is 480 g/mol. The van der Waals surface area contributed by atoms with Gasteiger partial charge in [-0.1, -0.05) is 12.8 Å². The molecule has 0 atom stereocenters. The standard InChI is InChI=1S/C27H24N10O/c1-15-13-37(14-31-15)22-12-29-11-21-24(22)34-26(33-21)23-20-7-18(9-30-25(20)36-35-23)17-6-19(10-28-8-17)32-27(38)16-4-2-3-5-16/h6-14,16H,2-5H2,1H3,(H,32,38)(H,33,34)(H,30,35,36). The Hall–Kier alpha value is -4.93. The van der Waals surface area contributed by atoms with Gasteiger partial charge in [-0.25, -0.2) is 15.0 Å². The van der Waals surface area contributed by atoms with Crippen molar-refractivity contribution >= 4 is 33.7 Å². The number of carbonyl (C=O) groups is 1. The molecule has 0 unspecified atom stereocenters. The average molecular weight is 505 g/mol. The Labute approximate surface area is 216 Å². The normalized spacial score (nSPS) is 14.0. The van der Waals surface area contributed by atoms with Crippen molar-refractivity contribution in [3.63, 3.8) is 0 Å². The monoisotopic (exact) mass is 504 g/mol. The summed E-state index contributed by atoms with van der Waals surface area (Å²) < 4.78 is 1.91. The predicted octanol–water partition coefficient (Wildman–Crippen LogP) is 4.58. The van der Waals surface area contributed by atoms with Crippen molar-refractivity contribution in [2.75, 3.05) is 5.32 Å². The number of imidazole rings is 2. The van der Waals surface area contributed by atoms with Crippen LogP contribution in [0.25, 0.3) is 50.4 Å². The van der Waals surface area contributed by atoms with Crippen molar-refractivity contribution in [3.05, 3.63) is 61.3 Å². The summed E-state index contributed by atoms with van der Waals surface area (Å²) in [6.07, 6.45) is 16.5. The zero-order valence-corrected chi connectivity index (χ0v) is 20.6. The third-order valence-electron chi connectivity index (χ3n) is 7.08. The number of anilines is 1. The van der Waals surface area contributed by atoms with Gasteiger partial charge in [0.2, 0.25) is 5.91 Å². The van der Waals surface area contributed by atoms with Gasteiger partial charge in [0, 0.05) is 35.6 Å². The second-order valence-electron chi connectivity index (χ2n) is 9.69. The smallest absolute Gasteiger partial charge is 0.227 e. The Balaban J connectivity index is 1.24. The van der Waals surface area contributed by atoms with E-state index in [0.717, 1.165) is 70.3 Å². The molecule has 0 spiro atoms. The molecule has 0 aliphatic heterocycles. The van der Waals surface area contributed by atoms with Gasteiger partial charge < -0.3 is 14.9 Å². The summed E-state index contributed by atoms with van der Waals surface area (Å²) in [6, 6.07) is 3.93. The van der Waals surface area contributed by atoms with E-state index in [1.165, 1.54) is 0 Å². The van der Waals surface area contributed by atoms with Crippen LogP contribution in [0.5, 0.6) is 0 Å². The summed E-state index contributed by atoms with van der Waals surface area (Å²) >= 11 is 0. The van der Waals surface area contributed by atoms with Crippen LogP contribution in [0.3, 0.4) is 0 Å². The van der Waals surface area contributed by atoms with E-state index in [1.54, 1.807) is 37.3 Å². The zero-order valence-electron chi connectivity index (χ0n) is 20.6. The van der Waals surface area contributed by atoms with Crippen molar-refractivity contribution < 1.29 is 4.79 Å². The molecule has 0 saturated heterocycles. The molecule has 3 N–H and O–H groups in total. The van der Waals surface area contributed by atoms with E-state index in [1.807, 2.05) is 29.8 Å². The van der Waals surface area contributed by atoms with Crippen molar-refractivity contribution in [2.45, 2.75) is 32.6 Å². The molecular formula is C27H24N10O. The molecule has 1 fully saturated rings. The maximum Gasteiger partial charge on any atom is 0.227 e. The van der Waals surface area contributed by atoms with Gasteiger partial charge in [0.15, 0.2) is 11.5 Å². The van der Waals surface area contributed by atoms with E-state index in [9.17, 15) is 4.79 Å². The second kappa shape index (κ2) is 8.87. The number of pyridine rings is 3. The lowest BCUT2D eigenvalue weighted by atomic mass is 10.1. The number of rotatable bonds is 5. The first-order valence-corrected chi connectivity index (χ1v) is 12.6. The van der Waals surface area contributed by atoms with E-state index >= 15 is 0 Å². The summed E-state index contributed by atoms with van der Waals surface area (Å²) in [5, 5.41) is 11.3. The average Bonchev–Trinajstić information content (AvgIpc) is 3.74. The molecule has 11 heteroatoms. The van der Waals surface area contributed by atoms with E-state index in [-0.39, 0.29) is 11.8 Å². The number of aryl methyl sites for hydroxylation is 1. The minimum Gasteiger partial charge on any atom is -0.335 e. The molecule has 0 bridgehead atoms. The highest BCUT2D eigenvalue weighted by atomic mass is 16.1. The number of hydrogen-bond acceptors (Lipinski definition) is 7. The Morgan fingerprint density at radius 1 is 1.03 bits per heavy atom. The van der Waals surface area contributed by atoms with Crippen LogP contribution in [0.1, 0.15) is 31.4 Å². The van der Waals surface area contributed by atoms with Crippen molar-refractivity contribution in [1.82, 2.24) is 44.7 Å². The van der Waals surface area contributed by atoms with Gasteiger partial charge in [-0.05, 0) is 31.9 Å². The number of nitrogens with one attached hydrogen (secondary N) is 3. The van der Waals surface area contributed by atoms with E-state index in [0.29, 0.717) is 17.2 Å². The molecule has 1 aliphatic carbocycles. The molecule has 7 rings (SSSR count). The molecule has 0 aromatic carbocycles. The number of H-pyrrole nitrogens is 2. The van der Waals surface area contributed by atoms with Crippen LogP contribution in [0.15, 0.2) is 55.6 Å². The molecule has 188 valence electrons. The van der Waals surface area contributed by atoms with E-state index in [2.05, 4.69) is 40.4 Å². The number of hydrogen-bond donors (Lipinski definition) is 3. The van der Waals surface area contributed by atoms with Crippen molar-refractivity contribution in [2.24, 2.45) is 5.92 Å². The van der Waals surface area contributed by atoms with Crippen LogP contribution in [0, 0.1) is 12.8 Å². The Bertz CT molecular complexity index is 1810. The molecule has 6 heterocycles. The Kier molecular flexibility index (Phi) is 5.20. The summed E-state index contributed by atoms with van der Waals surface area (Å²) in [5.41, 5.74) is 6.99. The topological polar surface area (TPSA) is 143 Å². The zero-order chi connectivity index (χ0) is 25.6. The van der Waals surface area contributed by atoms with Crippen LogP contribution in [-0.4, -0.2) is 50.6 Å². The Morgan fingerprint density at radius 2 is 1.87 bits per heavy atom. The van der Waals surface area contributed by atoms with E-state index in [4.69, 9.17) is 4.98 Å². The summed E-state index contributed by atoms with van der Waals surface area (Å²) in [7, 11) is 0. The van der Waals surface area contributed by atoms with Gasteiger partial charge in [-0.2, -0.15) is 5.10 Å². The molecule has 1 amide bonds. The second-order valence-corrected chi connectivity index (χ2v) is 9.69. The number of carbonyl (C=O) groups excluding carboxylic acids is 1. The maximum absolute atomic E-state index is 12.6. The summed E-state index contributed by atoms with van der Waals surface area (Å²) in [5.74, 6) is 0.780. The quantitative estimate of drug-likeness (QED) is 0.312. The third kappa shape index (κ3) is 3.88. The largest absolute Gasteiger partial charge is 0.335 e. The van der Waals surface area contributed by atoms with Gasteiger partial charge in [-0.3, -0.25) is 19.9 Å². The lowest BCUT2D eigenvalue weighted by Crippen LogP contribution is -2.20. The highest BCUT2D eigenvalue weighted by Gasteiger charge is 2.23. The molecule has 6 aromatic rings. The van der Waals surface area contributed by atoms with Crippen LogP contribution in [0.2, 0.25) is 0 Å².